The van der Waals surface area contributed by atoms with E-state index in [-0.39, 0.29) is 17.6 Å². The van der Waals surface area contributed by atoms with Crippen molar-refractivity contribution in [3.05, 3.63) is 59.7 Å². The molecule has 7 heteroatoms. The first-order valence-electron chi connectivity index (χ1n) is 8.49. The lowest BCUT2D eigenvalue weighted by molar-refractivity contribution is 0.191. The van der Waals surface area contributed by atoms with Crippen molar-refractivity contribution in [1.82, 2.24) is 15.2 Å². The third-order valence-corrected chi connectivity index (χ3v) is 4.54. The Morgan fingerprint density at radius 2 is 2.04 bits per heavy atom. The number of pyridine rings is 1. The molecule has 0 aliphatic carbocycles. The number of nitrogens with one attached hydrogen (secondary N) is 1. The molecule has 2 aromatic rings. The van der Waals surface area contributed by atoms with E-state index in [0.717, 1.165) is 5.56 Å². The number of nitriles is 1. The lowest BCUT2D eigenvalue weighted by atomic mass is 10.1. The molecule has 1 saturated heterocycles. The van der Waals surface area contributed by atoms with Gasteiger partial charge in [-0.2, -0.15) is 5.26 Å². The molecule has 1 atom stereocenters. The Bertz CT molecular complexity index is 812. The number of hydrogen-bond donors (Lipinski definition) is 1. The molecule has 1 fully saturated rings. The van der Waals surface area contributed by atoms with Gasteiger partial charge in [-0.3, -0.25) is 4.98 Å². The first-order valence-corrected chi connectivity index (χ1v) is 8.49. The molecule has 1 aliphatic heterocycles. The Hall–Kier alpha value is -3.14. The molecule has 3 rings (SSSR count). The summed E-state index contributed by atoms with van der Waals surface area (Å²) in [5, 5.41) is 12.1. The maximum atomic E-state index is 13.8. The molecule has 1 aromatic carbocycles. The van der Waals surface area contributed by atoms with Gasteiger partial charge in [0.1, 0.15) is 17.4 Å². The Balaban J connectivity index is 1.59. The van der Waals surface area contributed by atoms with Crippen LogP contribution in [0.2, 0.25) is 0 Å². The molecule has 2 amide bonds. The van der Waals surface area contributed by atoms with Crippen molar-refractivity contribution < 1.29 is 9.18 Å². The lowest BCUT2D eigenvalue weighted by Crippen LogP contribution is -2.52. The van der Waals surface area contributed by atoms with Crippen LogP contribution in [-0.2, 0) is 0 Å². The van der Waals surface area contributed by atoms with Gasteiger partial charge in [0, 0.05) is 38.6 Å². The van der Waals surface area contributed by atoms with Gasteiger partial charge in [-0.15, -0.1) is 0 Å². The summed E-state index contributed by atoms with van der Waals surface area (Å²) in [6.07, 6.45) is 3.43. The summed E-state index contributed by atoms with van der Waals surface area (Å²) in [6.45, 7) is 4.02. The monoisotopic (exact) mass is 353 g/mol. The van der Waals surface area contributed by atoms with Crippen LogP contribution in [0.15, 0.2) is 42.7 Å². The van der Waals surface area contributed by atoms with E-state index >= 15 is 0 Å². The molecular weight excluding hydrogens is 333 g/mol. The SMILES string of the molecule is CC(NC(=O)N1CCN(c2cccc(F)c2C#N)CC1)c1cccnc1. The maximum absolute atomic E-state index is 13.8. The second-order valence-corrected chi connectivity index (χ2v) is 6.18. The van der Waals surface area contributed by atoms with E-state index < -0.39 is 5.82 Å². The first-order chi connectivity index (χ1) is 12.6. The minimum atomic E-state index is -0.518. The second kappa shape index (κ2) is 7.83. The normalized spacial score (nSPS) is 15.3. The summed E-state index contributed by atoms with van der Waals surface area (Å²) >= 11 is 0. The molecule has 0 saturated carbocycles. The van der Waals surface area contributed by atoms with Crippen molar-refractivity contribution in [1.29, 1.82) is 5.26 Å². The largest absolute Gasteiger partial charge is 0.367 e. The van der Waals surface area contributed by atoms with E-state index in [4.69, 9.17) is 0 Å². The Morgan fingerprint density at radius 3 is 2.69 bits per heavy atom. The number of urea groups is 1. The average Bonchev–Trinajstić information content (AvgIpc) is 2.68. The molecule has 1 N–H and O–H groups in total. The van der Waals surface area contributed by atoms with E-state index in [1.54, 1.807) is 29.4 Å². The van der Waals surface area contributed by atoms with Crippen LogP contribution in [0.4, 0.5) is 14.9 Å². The predicted molar refractivity (Wildman–Crippen MR) is 96.1 cm³/mol. The zero-order valence-corrected chi connectivity index (χ0v) is 14.5. The fourth-order valence-electron chi connectivity index (χ4n) is 3.03. The number of halogens is 1. The molecule has 2 heterocycles. The predicted octanol–water partition coefficient (Wildman–Crippen LogP) is 2.69. The first kappa shape index (κ1) is 17.7. The quantitative estimate of drug-likeness (QED) is 0.921. The van der Waals surface area contributed by atoms with Crippen LogP contribution < -0.4 is 10.2 Å². The number of amides is 2. The van der Waals surface area contributed by atoms with Gasteiger partial charge in [0.15, 0.2) is 0 Å². The van der Waals surface area contributed by atoms with E-state index in [1.165, 1.54) is 6.07 Å². The van der Waals surface area contributed by atoms with Crippen LogP contribution in [0.1, 0.15) is 24.1 Å². The van der Waals surface area contributed by atoms with Crippen LogP contribution in [0.25, 0.3) is 0 Å². The van der Waals surface area contributed by atoms with Crippen LogP contribution in [0, 0.1) is 17.1 Å². The number of rotatable bonds is 3. The highest BCUT2D eigenvalue weighted by molar-refractivity contribution is 5.75. The van der Waals surface area contributed by atoms with Gasteiger partial charge in [-0.25, -0.2) is 9.18 Å². The average molecular weight is 353 g/mol. The molecule has 1 aliphatic rings. The van der Waals surface area contributed by atoms with E-state index in [1.807, 2.05) is 30.0 Å². The minimum Gasteiger partial charge on any atom is -0.367 e. The van der Waals surface area contributed by atoms with Crippen LogP contribution in [0.5, 0.6) is 0 Å². The van der Waals surface area contributed by atoms with Crippen molar-refractivity contribution in [2.75, 3.05) is 31.1 Å². The number of carbonyl (C=O) groups excluding carboxylic acids is 1. The topological polar surface area (TPSA) is 72.3 Å². The van der Waals surface area contributed by atoms with Crippen molar-refractivity contribution in [3.8, 4) is 6.07 Å². The van der Waals surface area contributed by atoms with Crippen LogP contribution in [0.3, 0.4) is 0 Å². The highest BCUT2D eigenvalue weighted by Gasteiger charge is 2.24. The van der Waals surface area contributed by atoms with Gasteiger partial charge >= 0.3 is 6.03 Å². The zero-order valence-electron chi connectivity index (χ0n) is 14.5. The minimum absolute atomic E-state index is 0.0515. The summed E-state index contributed by atoms with van der Waals surface area (Å²) in [5.41, 5.74) is 1.57. The number of carbonyl (C=O) groups is 1. The van der Waals surface area contributed by atoms with Gasteiger partial charge in [-0.1, -0.05) is 12.1 Å². The van der Waals surface area contributed by atoms with Crippen molar-refractivity contribution in [3.63, 3.8) is 0 Å². The molecule has 1 unspecified atom stereocenters. The zero-order chi connectivity index (χ0) is 18.5. The van der Waals surface area contributed by atoms with Gasteiger partial charge in [0.2, 0.25) is 0 Å². The maximum Gasteiger partial charge on any atom is 0.317 e. The summed E-state index contributed by atoms with van der Waals surface area (Å²) in [5.74, 6) is -0.518. The number of aromatic nitrogens is 1. The summed E-state index contributed by atoms with van der Waals surface area (Å²) in [4.78, 5) is 20.2. The van der Waals surface area contributed by atoms with Crippen molar-refractivity contribution in [2.45, 2.75) is 13.0 Å². The molecule has 0 radical (unpaired) electrons. The van der Waals surface area contributed by atoms with Gasteiger partial charge in [0.25, 0.3) is 0 Å². The summed E-state index contributed by atoms with van der Waals surface area (Å²) in [6, 6.07) is 10.0. The molecule has 134 valence electrons. The summed E-state index contributed by atoms with van der Waals surface area (Å²) < 4.78 is 13.8. The molecular formula is C19H20FN5O. The van der Waals surface area contributed by atoms with E-state index in [9.17, 15) is 14.4 Å². The Kier molecular flexibility index (Phi) is 5.32. The van der Waals surface area contributed by atoms with Gasteiger partial charge in [0.05, 0.1) is 11.7 Å². The number of nitrogens with zero attached hydrogens (tertiary/aromatic N) is 4. The van der Waals surface area contributed by atoms with Gasteiger partial charge < -0.3 is 15.1 Å². The number of benzene rings is 1. The Morgan fingerprint density at radius 1 is 1.27 bits per heavy atom. The van der Waals surface area contributed by atoms with Gasteiger partial charge in [-0.05, 0) is 30.7 Å². The smallest absolute Gasteiger partial charge is 0.317 e. The third kappa shape index (κ3) is 3.75. The number of hydrogen-bond acceptors (Lipinski definition) is 4. The van der Waals surface area contributed by atoms with Crippen LogP contribution >= 0.6 is 0 Å². The lowest BCUT2D eigenvalue weighted by Gasteiger charge is -2.36. The highest BCUT2D eigenvalue weighted by atomic mass is 19.1. The molecule has 1 aromatic heterocycles. The van der Waals surface area contributed by atoms with Crippen molar-refractivity contribution in [2.24, 2.45) is 0 Å². The van der Waals surface area contributed by atoms with E-state index in [0.29, 0.717) is 31.9 Å². The summed E-state index contributed by atoms with van der Waals surface area (Å²) in [7, 11) is 0. The number of anilines is 1. The fraction of sp³-hybridized carbons (Fsp3) is 0.316. The van der Waals surface area contributed by atoms with E-state index in [2.05, 4.69) is 10.3 Å². The Labute approximate surface area is 151 Å². The van der Waals surface area contributed by atoms with Crippen LogP contribution in [-0.4, -0.2) is 42.1 Å². The molecule has 26 heavy (non-hydrogen) atoms. The standard InChI is InChI=1S/C19H20FN5O/c1-14(15-4-3-7-22-13-15)23-19(26)25-10-8-24(9-11-25)18-6-2-5-17(20)16(18)12-21/h2-7,13-14H,8-11H2,1H3,(H,23,26). The second-order valence-electron chi connectivity index (χ2n) is 6.18. The molecule has 0 spiro atoms. The third-order valence-electron chi connectivity index (χ3n) is 4.54. The highest BCUT2D eigenvalue weighted by Crippen LogP contribution is 2.23. The molecule has 0 bridgehead atoms. The number of piperazine rings is 1. The molecule has 6 nitrogen and oxygen atoms in total. The fourth-order valence-corrected chi connectivity index (χ4v) is 3.03. The van der Waals surface area contributed by atoms with Crippen molar-refractivity contribution >= 4 is 11.7 Å².